The summed E-state index contributed by atoms with van der Waals surface area (Å²) in [4.78, 5) is 0.600. The summed E-state index contributed by atoms with van der Waals surface area (Å²) in [6.45, 7) is 2.05. The van der Waals surface area contributed by atoms with Crippen LogP contribution in [0.1, 0.15) is 19.3 Å². The molecule has 1 spiro atoms. The Morgan fingerprint density at radius 2 is 2.24 bits per heavy atom. The standard InChI is InChI=1S/C16H21FO3S/c17-13-3-1-2-4-15(13)21-10-14(18)12-5-7-20-16(9-12)6-8-19-11-16/h1-4,12,14,18H,5-11H2. The molecule has 0 bridgehead atoms. The zero-order valence-corrected chi connectivity index (χ0v) is 12.8. The van der Waals surface area contributed by atoms with Crippen LogP contribution in [-0.4, -0.2) is 42.4 Å². The summed E-state index contributed by atoms with van der Waals surface area (Å²) >= 11 is 1.38. The highest BCUT2D eigenvalue weighted by Crippen LogP contribution is 2.38. The predicted octanol–water partition coefficient (Wildman–Crippen LogP) is 2.86. The van der Waals surface area contributed by atoms with Crippen molar-refractivity contribution in [2.75, 3.05) is 25.6 Å². The molecule has 1 aromatic carbocycles. The summed E-state index contributed by atoms with van der Waals surface area (Å²) in [6.07, 6.45) is 2.18. The van der Waals surface area contributed by atoms with Crippen molar-refractivity contribution in [3.05, 3.63) is 30.1 Å². The van der Waals surface area contributed by atoms with Crippen LogP contribution in [0.2, 0.25) is 0 Å². The molecule has 2 heterocycles. The van der Waals surface area contributed by atoms with Crippen molar-refractivity contribution in [3.8, 4) is 0 Å². The van der Waals surface area contributed by atoms with Gasteiger partial charge in [-0.3, -0.25) is 0 Å². The number of ether oxygens (including phenoxy) is 2. The van der Waals surface area contributed by atoms with Gasteiger partial charge in [0.2, 0.25) is 0 Å². The van der Waals surface area contributed by atoms with E-state index >= 15 is 0 Å². The Bertz CT molecular complexity index is 476. The van der Waals surface area contributed by atoms with Gasteiger partial charge in [0.15, 0.2) is 0 Å². The molecule has 2 aliphatic rings. The third-order valence-corrected chi connectivity index (χ3v) is 5.54. The minimum atomic E-state index is -0.434. The molecule has 2 saturated heterocycles. The number of thioether (sulfide) groups is 1. The van der Waals surface area contributed by atoms with Crippen molar-refractivity contribution in [1.82, 2.24) is 0 Å². The average molecular weight is 312 g/mol. The van der Waals surface area contributed by atoms with Crippen molar-refractivity contribution in [2.45, 2.75) is 35.9 Å². The zero-order valence-electron chi connectivity index (χ0n) is 12.0. The molecule has 1 aromatic rings. The highest BCUT2D eigenvalue weighted by atomic mass is 32.2. The highest BCUT2D eigenvalue weighted by Gasteiger charge is 2.42. The molecule has 3 unspecified atom stereocenters. The van der Waals surface area contributed by atoms with Crippen LogP contribution < -0.4 is 0 Å². The third-order valence-electron chi connectivity index (χ3n) is 4.39. The molecular weight excluding hydrogens is 291 g/mol. The lowest BCUT2D eigenvalue weighted by Crippen LogP contribution is -2.44. The van der Waals surface area contributed by atoms with Crippen LogP contribution in [0.15, 0.2) is 29.2 Å². The number of benzene rings is 1. The lowest BCUT2D eigenvalue weighted by Gasteiger charge is -2.38. The topological polar surface area (TPSA) is 38.7 Å². The zero-order chi connectivity index (χ0) is 14.7. The maximum Gasteiger partial charge on any atom is 0.136 e. The van der Waals surface area contributed by atoms with Crippen LogP contribution >= 0.6 is 11.8 Å². The van der Waals surface area contributed by atoms with Crippen LogP contribution in [0.25, 0.3) is 0 Å². The number of halogens is 1. The number of aliphatic hydroxyl groups is 1. The normalized spacial score (nSPS) is 30.7. The van der Waals surface area contributed by atoms with Gasteiger partial charge in [-0.1, -0.05) is 12.1 Å². The monoisotopic (exact) mass is 312 g/mol. The van der Waals surface area contributed by atoms with E-state index in [1.165, 1.54) is 17.8 Å². The number of aliphatic hydroxyl groups excluding tert-OH is 1. The summed E-state index contributed by atoms with van der Waals surface area (Å²) in [5, 5.41) is 10.4. The fourth-order valence-electron chi connectivity index (χ4n) is 3.13. The van der Waals surface area contributed by atoms with Crippen LogP contribution in [0, 0.1) is 11.7 Å². The Morgan fingerprint density at radius 1 is 1.38 bits per heavy atom. The van der Waals surface area contributed by atoms with E-state index in [9.17, 15) is 9.50 Å². The summed E-state index contributed by atoms with van der Waals surface area (Å²) < 4.78 is 24.9. The first-order valence-corrected chi connectivity index (χ1v) is 8.44. The van der Waals surface area contributed by atoms with Crippen LogP contribution in [-0.2, 0) is 9.47 Å². The van der Waals surface area contributed by atoms with Gasteiger partial charge in [-0.15, -0.1) is 11.8 Å². The van der Waals surface area contributed by atoms with E-state index in [4.69, 9.17) is 9.47 Å². The maximum atomic E-state index is 13.6. The van der Waals surface area contributed by atoms with Crippen LogP contribution in [0.3, 0.4) is 0 Å². The van der Waals surface area contributed by atoms with E-state index in [1.54, 1.807) is 12.1 Å². The van der Waals surface area contributed by atoms with Crippen molar-refractivity contribution in [2.24, 2.45) is 5.92 Å². The largest absolute Gasteiger partial charge is 0.392 e. The molecule has 116 valence electrons. The molecule has 0 amide bonds. The van der Waals surface area contributed by atoms with Crippen molar-refractivity contribution < 1.29 is 19.0 Å². The Balaban J connectivity index is 1.55. The van der Waals surface area contributed by atoms with Crippen molar-refractivity contribution >= 4 is 11.8 Å². The van der Waals surface area contributed by atoms with Gasteiger partial charge in [-0.2, -0.15) is 0 Å². The average Bonchev–Trinajstić information content (AvgIpc) is 2.94. The van der Waals surface area contributed by atoms with Crippen molar-refractivity contribution in [1.29, 1.82) is 0 Å². The first-order valence-electron chi connectivity index (χ1n) is 7.46. The Kier molecular flexibility index (Phi) is 4.84. The first kappa shape index (κ1) is 15.3. The Hall–Kier alpha value is -0.620. The van der Waals surface area contributed by atoms with Gasteiger partial charge in [-0.05, 0) is 30.9 Å². The fraction of sp³-hybridized carbons (Fsp3) is 0.625. The van der Waals surface area contributed by atoms with Gasteiger partial charge in [0.1, 0.15) is 5.82 Å². The van der Waals surface area contributed by atoms with Crippen LogP contribution in [0.5, 0.6) is 0 Å². The Morgan fingerprint density at radius 3 is 3.00 bits per heavy atom. The second-order valence-electron chi connectivity index (χ2n) is 5.90. The van der Waals surface area contributed by atoms with E-state index < -0.39 is 6.10 Å². The number of hydrogen-bond acceptors (Lipinski definition) is 4. The lowest BCUT2D eigenvalue weighted by molar-refractivity contribution is -0.113. The molecule has 3 atom stereocenters. The van der Waals surface area contributed by atoms with Gasteiger partial charge in [0.05, 0.1) is 18.3 Å². The third kappa shape index (κ3) is 3.59. The molecule has 3 rings (SSSR count). The van der Waals surface area contributed by atoms with Gasteiger partial charge in [0, 0.05) is 30.3 Å². The second kappa shape index (κ2) is 6.65. The van der Waals surface area contributed by atoms with E-state index in [-0.39, 0.29) is 17.3 Å². The molecule has 1 N–H and O–H groups in total. The van der Waals surface area contributed by atoms with E-state index in [0.717, 1.165) is 25.9 Å². The molecule has 0 radical (unpaired) electrons. The maximum absolute atomic E-state index is 13.6. The molecule has 2 aliphatic heterocycles. The quantitative estimate of drug-likeness (QED) is 0.868. The number of rotatable bonds is 4. The number of hydrogen-bond donors (Lipinski definition) is 1. The molecule has 21 heavy (non-hydrogen) atoms. The van der Waals surface area contributed by atoms with Gasteiger partial charge >= 0.3 is 0 Å². The van der Waals surface area contributed by atoms with E-state index in [1.807, 2.05) is 6.07 Å². The second-order valence-corrected chi connectivity index (χ2v) is 6.96. The summed E-state index contributed by atoms with van der Waals surface area (Å²) in [5.74, 6) is 0.504. The van der Waals surface area contributed by atoms with Gasteiger partial charge in [-0.25, -0.2) is 4.39 Å². The van der Waals surface area contributed by atoms with Crippen LogP contribution in [0.4, 0.5) is 4.39 Å². The highest BCUT2D eigenvalue weighted by molar-refractivity contribution is 7.99. The van der Waals surface area contributed by atoms with E-state index in [0.29, 0.717) is 23.9 Å². The molecule has 3 nitrogen and oxygen atoms in total. The van der Waals surface area contributed by atoms with E-state index in [2.05, 4.69) is 0 Å². The van der Waals surface area contributed by atoms with Crippen molar-refractivity contribution in [3.63, 3.8) is 0 Å². The molecule has 0 aliphatic carbocycles. The minimum Gasteiger partial charge on any atom is -0.392 e. The molecule has 2 fully saturated rings. The fourth-order valence-corrected chi connectivity index (χ4v) is 4.13. The molecule has 0 aromatic heterocycles. The first-order chi connectivity index (χ1) is 10.2. The smallest absolute Gasteiger partial charge is 0.136 e. The van der Waals surface area contributed by atoms with Gasteiger partial charge in [0.25, 0.3) is 0 Å². The summed E-state index contributed by atoms with van der Waals surface area (Å²) in [5.41, 5.74) is -0.188. The summed E-state index contributed by atoms with van der Waals surface area (Å²) in [7, 11) is 0. The molecule has 0 saturated carbocycles. The van der Waals surface area contributed by atoms with Gasteiger partial charge < -0.3 is 14.6 Å². The minimum absolute atomic E-state index is 0.188. The predicted molar refractivity (Wildman–Crippen MR) is 80.0 cm³/mol. The lowest BCUT2D eigenvalue weighted by atomic mass is 9.82. The molecule has 5 heteroatoms. The summed E-state index contributed by atoms with van der Waals surface area (Å²) in [6, 6.07) is 6.70. The Labute approximate surface area is 128 Å². The molecular formula is C16H21FO3S. The SMILES string of the molecule is OC(CSc1ccccc1F)C1CCOC2(CCOC2)C1.